The number of sulfonamides is 1. The number of amides is 1. The van der Waals surface area contributed by atoms with Gasteiger partial charge in [0, 0.05) is 18.1 Å². The molecule has 1 saturated heterocycles. The number of nitrogens with zero attached hydrogens (tertiary/aromatic N) is 1. The average molecular weight is 439 g/mol. The number of rotatable bonds is 7. The van der Waals surface area contributed by atoms with E-state index in [4.69, 9.17) is 23.2 Å². The second-order valence-electron chi connectivity index (χ2n) is 6.56. The molecule has 1 N–H and O–H groups in total. The molecular formula is C17H24Cl2N2O3S2. The summed E-state index contributed by atoms with van der Waals surface area (Å²) in [7, 11) is -3.96. The van der Waals surface area contributed by atoms with Crippen LogP contribution in [0.5, 0.6) is 0 Å². The molecule has 1 fully saturated rings. The standard InChI is InChI=1S/C17H24Cl2N2O3S2/c1-12-4-3-8-21(11-12)17(22)15(7-9-25-2)20-26(23,24)16-10-13(18)5-6-14(16)19/h5-6,10,12,15,20H,3-4,7-9,11H2,1-2H3. The highest BCUT2D eigenvalue weighted by molar-refractivity contribution is 7.98. The minimum atomic E-state index is -3.96. The van der Waals surface area contributed by atoms with Gasteiger partial charge in [-0.05, 0) is 55.4 Å². The lowest BCUT2D eigenvalue weighted by molar-refractivity contribution is -0.134. The van der Waals surface area contributed by atoms with Crippen LogP contribution in [0.1, 0.15) is 26.2 Å². The molecule has 1 heterocycles. The third kappa shape index (κ3) is 5.76. The van der Waals surface area contributed by atoms with Crippen LogP contribution in [0.3, 0.4) is 0 Å². The topological polar surface area (TPSA) is 66.5 Å². The molecule has 2 unspecified atom stereocenters. The number of carbonyl (C=O) groups excluding carboxylic acids is 1. The highest BCUT2D eigenvalue weighted by Gasteiger charge is 2.31. The van der Waals surface area contributed by atoms with Crippen LogP contribution >= 0.6 is 35.0 Å². The normalized spacial score (nSPS) is 19.4. The zero-order valence-electron chi connectivity index (χ0n) is 14.9. The maximum Gasteiger partial charge on any atom is 0.242 e. The molecule has 1 aromatic carbocycles. The Labute approximate surface area is 169 Å². The Bertz CT molecular complexity index is 744. The van der Waals surface area contributed by atoms with Gasteiger partial charge in [-0.3, -0.25) is 4.79 Å². The molecule has 1 aromatic rings. The van der Waals surface area contributed by atoms with E-state index in [2.05, 4.69) is 11.6 Å². The van der Waals surface area contributed by atoms with Gasteiger partial charge in [0.1, 0.15) is 10.9 Å². The minimum absolute atomic E-state index is 0.0737. The van der Waals surface area contributed by atoms with Gasteiger partial charge < -0.3 is 4.90 Å². The number of thioether (sulfide) groups is 1. The van der Waals surface area contributed by atoms with Crippen LogP contribution in [0, 0.1) is 5.92 Å². The first-order chi connectivity index (χ1) is 12.2. The number of hydrogen-bond donors (Lipinski definition) is 1. The highest BCUT2D eigenvalue weighted by atomic mass is 35.5. The van der Waals surface area contributed by atoms with Crippen molar-refractivity contribution in [2.45, 2.75) is 37.1 Å². The van der Waals surface area contributed by atoms with Crippen LogP contribution in [0.25, 0.3) is 0 Å². The van der Waals surface area contributed by atoms with Gasteiger partial charge in [0.15, 0.2) is 0 Å². The monoisotopic (exact) mass is 438 g/mol. The molecule has 0 saturated carbocycles. The Morgan fingerprint density at radius 2 is 2.15 bits per heavy atom. The first kappa shape index (κ1) is 21.8. The van der Waals surface area contributed by atoms with Crippen molar-refractivity contribution >= 4 is 50.9 Å². The van der Waals surface area contributed by atoms with Crippen molar-refractivity contribution in [1.82, 2.24) is 9.62 Å². The summed E-state index contributed by atoms with van der Waals surface area (Å²) >= 11 is 13.5. The molecule has 1 aliphatic heterocycles. The van der Waals surface area contributed by atoms with Crippen molar-refractivity contribution in [2.75, 3.05) is 25.1 Å². The molecule has 26 heavy (non-hydrogen) atoms. The smallest absolute Gasteiger partial charge is 0.242 e. The Kier molecular flexibility index (Phi) is 8.09. The molecule has 2 atom stereocenters. The van der Waals surface area contributed by atoms with Crippen LogP contribution in [-0.2, 0) is 14.8 Å². The summed E-state index contributed by atoms with van der Waals surface area (Å²) in [5.74, 6) is 0.922. The fraction of sp³-hybridized carbons (Fsp3) is 0.588. The summed E-state index contributed by atoms with van der Waals surface area (Å²) in [6, 6.07) is 3.44. The maximum atomic E-state index is 12.9. The fourth-order valence-corrected chi connectivity index (χ4v) is 5.47. The summed E-state index contributed by atoms with van der Waals surface area (Å²) in [6.07, 6.45) is 4.37. The van der Waals surface area contributed by atoms with Crippen LogP contribution in [0.2, 0.25) is 10.0 Å². The number of hydrogen-bond acceptors (Lipinski definition) is 4. The lowest BCUT2D eigenvalue weighted by Crippen LogP contribution is -2.51. The van der Waals surface area contributed by atoms with Crippen molar-refractivity contribution < 1.29 is 13.2 Å². The van der Waals surface area contributed by atoms with E-state index in [0.717, 1.165) is 12.8 Å². The van der Waals surface area contributed by atoms with E-state index < -0.39 is 16.1 Å². The Morgan fingerprint density at radius 3 is 2.81 bits per heavy atom. The van der Waals surface area contributed by atoms with Crippen LogP contribution < -0.4 is 4.72 Å². The van der Waals surface area contributed by atoms with Crippen molar-refractivity contribution in [3.63, 3.8) is 0 Å². The molecule has 0 aromatic heterocycles. The zero-order chi connectivity index (χ0) is 19.3. The minimum Gasteiger partial charge on any atom is -0.341 e. The number of likely N-dealkylation sites (tertiary alicyclic amines) is 1. The maximum absolute atomic E-state index is 12.9. The van der Waals surface area contributed by atoms with Crippen molar-refractivity contribution in [3.05, 3.63) is 28.2 Å². The van der Waals surface area contributed by atoms with Gasteiger partial charge in [0.2, 0.25) is 15.9 Å². The first-order valence-electron chi connectivity index (χ1n) is 8.49. The van der Waals surface area contributed by atoms with E-state index in [0.29, 0.717) is 31.2 Å². The molecule has 1 aliphatic rings. The van der Waals surface area contributed by atoms with Crippen molar-refractivity contribution in [1.29, 1.82) is 0 Å². The van der Waals surface area contributed by atoms with Crippen LogP contribution in [0.15, 0.2) is 23.1 Å². The lowest BCUT2D eigenvalue weighted by atomic mass is 9.99. The van der Waals surface area contributed by atoms with Crippen LogP contribution in [0.4, 0.5) is 0 Å². The van der Waals surface area contributed by atoms with Gasteiger partial charge in [-0.25, -0.2) is 8.42 Å². The van der Waals surface area contributed by atoms with E-state index in [1.54, 1.807) is 16.7 Å². The van der Waals surface area contributed by atoms with Gasteiger partial charge in [-0.15, -0.1) is 0 Å². The molecule has 2 rings (SSSR count). The quantitative estimate of drug-likeness (QED) is 0.705. The zero-order valence-corrected chi connectivity index (χ0v) is 18.0. The summed E-state index contributed by atoms with van der Waals surface area (Å²) in [4.78, 5) is 14.6. The molecule has 0 aliphatic carbocycles. The first-order valence-corrected chi connectivity index (χ1v) is 12.1. The number of carbonyl (C=O) groups is 1. The fourth-order valence-electron chi connectivity index (χ4n) is 3.01. The lowest BCUT2D eigenvalue weighted by Gasteiger charge is -2.33. The molecule has 1 amide bonds. The van der Waals surface area contributed by atoms with E-state index in [1.165, 1.54) is 18.2 Å². The van der Waals surface area contributed by atoms with Gasteiger partial charge in [-0.1, -0.05) is 30.1 Å². The number of halogens is 2. The largest absolute Gasteiger partial charge is 0.341 e. The molecule has 0 spiro atoms. The number of benzene rings is 1. The molecular weight excluding hydrogens is 415 g/mol. The summed E-state index contributed by atoms with van der Waals surface area (Å²) in [5, 5.41) is 0.344. The average Bonchev–Trinajstić information content (AvgIpc) is 2.60. The van der Waals surface area contributed by atoms with Gasteiger partial charge in [0.05, 0.1) is 5.02 Å². The van der Waals surface area contributed by atoms with E-state index in [1.807, 2.05) is 6.26 Å². The van der Waals surface area contributed by atoms with Crippen molar-refractivity contribution in [3.8, 4) is 0 Å². The predicted molar refractivity (Wildman–Crippen MR) is 109 cm³/mol. The van der Waals surface area contributed by atoms with E-state index in [9.17, 15) is 13.2 Å². The summed E-state index contributed by atoms with van der Waals surface area (Å²) < 4.78 is 28.1. The Hall–Kier alpha value is -0.470. The summed E-state index contributed by atoms with van der Waals surface area (Å²) in [5.41, 5.74) is 0. The molecule has 0 bridgehead atoms. The summed E-state index contributed by atoms with van der Waals surface area (Å²) in [6.45, 7) is 3.43. The number of piperidine rings is 1. The van der Waals surface area contributed by atoms with Crippen molar-refractivity contribution in [2.24, 2.45) is 5.92 Å². The highest BCUT2D eigenvalue weighted by Crippen LogP contribution is 2.26. The molecule has 0 radical (unpaired) electrons. The third-order valence-corrected chi connectivity index (χ3v) is 7.19. The number of nitrogens with one attached hydrogen (secondary N) is 1. The Balaban J connectivity index is 2.23. The second kappa shape index (κ2) is 9.64. The SMILES string of the molecule is CSCCC(NS(=O)(=O)c1cc(Cl)ccc1Cl)C(=O)N1CCCC(C)C1. The molecule has 146 valence electrons. The molecule has 5 nitrogen and oxygen atoms in total. The predicted octanol–water partition coefficient (Wildman–Crippen LogP) is 3.65. The van der Waals surface area contributed by atoms with Crippen LogP contribution in [-0.4, -0.2) is 50.4 Å². The second-order valence-corrected chi connectivity index (χ2v) is 10.1. The van der Waals surface area contributed by atoms with Gasteiger partial charge in [-0.2, -0.15) is 16.5 Å². The Morgan fingerprint density at radius 1 is 1.42 bits per heavy atom. The van der Waals surface area contributed by atoms with E-state index in [-0.39, 0.29) is 20.8 Å². The van der Waals surface area contributed by atoms with Gasteiger partial charge in [0.25, 0.3) is 0 Å². The van der Waals surface area contributed by atoms with Gasteiger partial charge >= 0.3 is 0 Å². The van der Waals surface area contributed by atoms with E-state index >= 15 is 0 Å². The third-order valence-electron chi connectivity index (χ3n) is 4.36. The molecule has 9 heteroatoms.